The fourth-order valence-electron chi connectivity index (χ4n) is 2.23. The zero-order valence-electron chi connectivity index (χ0n) is 12.6. The quantitative estimate of drug-likeness (QED) is 0.670. The summed E-state index contributed by atoms with van der Waals surface area (Å²) in [5.74, 6) is 1.26. The molecule has 1 heterocycles. The highest BCUT2D eigenvalue weighted by atomic mass is 16.5. The van der Waals surface area contributed by atoms with Crippen molar-refractivity contribution in [3.8, 4) is 0 Å². The predicted octanol–water partition coefficient (Wildman–Crippen LogP) is 1.82. The Bertz CT molecular complexity index is 649. The number of ether oxygens (including phenoxy) is 1. The maximum absolute atomic E-state index is 11.9. The molecule has 0 amide bonds. The Labute approximate surface area is 123 Å². The van der Waals surface area contributed by atoms with Gasteiger partial charge in [0.1, 0.15) is 5.82 Å². The van der Waals surface area contributed by atoms with Gasteiger partial charge in [-0.1, -0.05) is 26.0 Å². The number of nitrogens with zero attached hydrogens (tertiary/aromatic N) is 3. The van der Waals surface area contributed by atoms with Crippen LogP contribution in [0.2, 0.25) is 0 Å². The fraction of sp³-hybridized carbons (Fsp3) is 0.400. The Hall–Kier alpha value is -2.37. The first kappa shape index (κ1) is 15.0. The summed E-state index contributed by atoms with van der Waals surface area (Å²) in [7, 11) is 1.35. The summed E-state index contributed by atoms with van der Waals surface area (Å²) in [6.07, 6.45) is 1.56. The van der Waals surface area contributed by atoms with E-state index in [1.54, 1.807) is 6.07 Å². The van der Waals surface area contributed by atoms with Crippen molar-refractivity contribution in [1.82, 2.24) is 14.8 Å². The van der Waals surface area contributed by atoms with Crippen LogP contribution in [0.4, 0.5) is 5.69 Å². The van der Waals surface area contributed by atoms with Crippen molar-refractivity contribution in [2.24, 2.45) is 0 Å². The van der Waals surface area contributed by atoms with E-state index in [0.29, 0.717) is 17.8 Å². The fourth-order valence-corrected chi connectivity index (χ4v) is 2.23. The van der Waals surface area contributed by atoms with Gasteiger partial charge in [0.25, 0.3) is 0 Å². The van der Waals surface area contributed by atoms with E-state index >= 15 is 0 Å². The molecule has 0 aliphatic rings. The average Bonchev–Trinajstić information content (AvgIpc) is 2.89. The number of benzene rings is 1. The van der Waals surface area contributed by atoms with Gasteiger partial charge in [-0.05, 0) is 11.6 Å². The van der Waals surface area contributed by atoms with Crippen molar-refractivity contribution in [1.29, 1.82) is 0 Å². The smallest absolute Gasteiger partial charge is 0.340 e. The van der Waals surface area contributed by atoms with Crippen molar-refractivity contribution in [2.75, 3.05) is 12.8 Å². The number of carbonyl (C=O) groups excluding carboxylic acids is 1. The predicted molar refractivity (Wildman–Crippen MR) is 80.1 cm³/mol. The summed E-state index contributed by atoms with van der Waals surface area (Å²) in [6, 6.07) is 5.37. The van der Waals surface area contributed by atoms with E-state index in [2.05, 4.69) is 10.1 Å². The number of aryl methyl sites for hydroxylation is 2. The third-order valence-corrected chi connectivity index (χ3v) is 3.32. The van der Waals surface area contributed by atoms with E-state index in [9.17, 15) is 4.79 Å². The summed E-state index contributed by atoms with van der Waals surface area (Å²) in [6.45, 7) is 4.49. The Kier molecular flexibility index (Phi) is 4.57. The topological polar surface area (TPSA) is 83.0 Å². The monoisotopic (exact) mass is 288 g/mol. The molecule has 0 saturated heterocycles. The normalized spacial score (nSPS) is 10.6. The van der Waals surface area contributed by atoms with Crippen molar-refractivity contribution in [3.63, 3.8) is 0 Å². The minimum Gasteiger partial charge on any atom is -0.465 e. The molecule has 21 heavy (non-hydrogen) atoms. The van der Waals surface area contributed by atoms with Gasteiger partial charge in [-0.2, -0.15) is 5.10 Å². The molecule has 0 aliphatic heterocycles. The molecule has 0 bridgehead atoms. The second kappa shape index (κ2) is 6.39. The summed E-state index contributed by atoms with van der Waals surface area (Å²) < 4.78 is 6.63. The molecule has 0 spiro atoms. The Morgan fingerprint density at radius 1 is 1.33 bits per heavy atom. The minimum atomic E-state index is -0.433. The van der Waals surface area contributed by atoms with Crippen LogP contribution < -0.4 is 5.73 Å². The minimum absolute atomic E-state index is 0.399. The third-order valence-electron chi connectivity index (χ3n) is 3.32. The maximum atomic E-state index is 11.9. The first-order chi connectivity index (χ1) is 10.1. The Balaban J connectivity index is 2.42. The summed E-state index contributed by atoms with van der Waals surface area (Å²) in [5, 5.41) is 4.46. The van der Waals surface area contributed by atoms with Crippen LogP contribution in [0, 0.1) is 0 Å². The van der Waals surface area contributed by atoms with Gasteiger partial charge < -0.3 is 10.5 Å². The van der Waals surface area contributed by atoms with Gasteiger partial charge in [-0.3, -0.25) is 0 Å². The molecule has 0 fully saturated rings. The van der Waals surface area contributed by atoms with Crippen molar-refractivity contribution < 1.29 is 9.53 Å². The molecule has 1 aromatic carbocycles. The molecule has 0 radical (unpaired) electrons. The van der Waals surface area contributed by atoms with Gasteiger partial charge in [0.05, 0.1) is 19.2 Å². The summed E-state index contributed by atoms with van der Waals surface area (Å²) >= 11 is 0. The number of hydrogen-bond donors (Lipinski definition) is 1. The first-order valence-corrected chi connectivity index (χ1v) is 6.98. The van der Waals surface area contributed by atoms with Gasteiger partial charge in [0, 0.05) is 18.5 Å². The molecule has 2 aromatic rings. The molecule has 112 valence electrons. The molecule has 6 nitrogen and oxygen atoms in total. The number of esters is 1. The lowest BCUT2D eigenvalue weighted by atomic mass is 10.1. The molecule has 6 heteroatoms. The van der Waals surface area contributed by atoms with Crippen LogP contribution in [0.3, 0.4) is 0 Å². The Morgan fingerprint density at radius 2 is 2.10 bits per heavy atom. The van der Waals surface area contributed by atoms with Gasteiger partial charge in [0.15, 0.2) is 5.82 Å². The molecular formula is C15H20N4O2. The molecule has 0 unspecified atom stereocenters. The number of aromatic nitrogens is 3. The lowest BCUT2D eigenvalue weighted by Gasteiger charge is -2.11. The molecule has 2 N–H and O–H groups in total. The maximum Gasteiger partial charge on any atom is 0.340 e. The number of methoxy groups -OCH3 is 1. The molecule has 0 atom stereocenters. The number of rotatable bonds is 5. The average molecular weight is 288 g/mol. The number of hydrogen-bond acceptors (Lipinski definition) is 5. The van der Waals surface area contributed by atoms with Gasteiger partial charge >= 0.3 is 5.97 Å². The highest BCUT2D eigenvalue weighted by molar-refractivity contribution is 5.96. The van der Waals surface area contributed by atoms with Gasteiger partial charge in [-0.15, -0.1) is 0 Å². The molecule has 2 rings (SSSR count). The molecule has 0 aliphatic carbocycles. The van der Waals surface area contributed by atoms with Gasteiger partial charge in [-0.25, -0.2) is 14.5 Å². The van der Waals surface area contributed by atoms with Gasteiger partial charge in [0.2, 0.25) is 0 Å². The number of nitrogen functional groups attached to an aromatic ring is 1. The standard InChI is InChI=1S/C15H20N4O2/c1-4-12-17-13(5-2)19(18-12)9-10-7-6-8-11(16)14(10)15(20)21-3/h6-8H,4-5,9,16H2,1-3H3. The van der Waals surface area contributed by atoms with Crippen molar-refractivity contribution in [2.45, 2.75) is 33.2 Å². The van der Waals surface area contributed by atoms with E-state index in [1.807, 2.05) is 30.7 Å². The highest BCUT2D eigenvalue weighted by Crippen LogP contribution is 2.19. The van der Waals surface area contributed by atoms with E-state index in [4.69, 9.17) is 10.5 Å². The van der Waals surface area contributed by atoms with Crippen LogP contribution in [0.25, 0.3) is 0 Å². The SMILES string of the molecule is CCc1nc(CC)n(Cc2cccc(N)c2C(=O)OC)n1. The second-order valence-electron chi connectivity index (χ2n) is 4.68. The van der Waals surface area contributed by atoms with Crippen LogP contribution in [0.15, 0.2) is 18.2 Å². The molecular weight excluding hydrogens is 268 g/mol. The second-order valence-corrected chi connectivity index (χ2v) is 4.68. The van der Waals surface area contributed by atoms with E-state index in [0.717, 1.165) is 30.1 Å². The van der Waals surface area contributed by atoms with E-state index in [-0.39, 0.29) is 0 Å². The zero-order valence-corrected chi connectivity index (χ0v) is 12.6. The van der Waals surface area contributed by atoms with E-state index in [1.165, 1.54) is 7.11 Å². The van der Waals surface area contributed by atoms with Crippen molar-refractivity contribution in [3.05, 3.63) is 41.0 Å². The highest BCUT2D eigenvalue weighted by Gasteiger charge is 2.17. The zero-order chi connectivity index (χ0) is 15.4. The third kappa shape index (κ3) is 3.04. The van der Waals surface area contributed by atoms with E-state index < -0.39 is 5.97 Å². The lowest BCUT2D eigenvalue weighted by molar-refractivity contribution is 0.0600. The van der Waals surface area contributed by atoms with Crippen LogP contribution in [0.1, 0.15) is 41.4 Å². The van der Waals surface area contributed by atoms with Crippen LogP contribution in [0.5, 0.6) is 0 Å². The number of nitrogens with two attached hydrogens (primary N) is 1. The first-order valence-electron chi connectivity index (χ1n) is 6.98. The van der Waals surface area contributed by atoms with Crippen LogP contribution >= 0.6 is 0 Å². The lowest BCUT2D eigenvalue weighted by Crippen LogP contribution is -2.14. The largest absolute Gasteiger partial charge is 0.465 e. The summed E-state index contributed by atoms with van der Waals surface area (Å²) in [5.41, 5.74) is 7.50. The molecule has 1 aromatic heterocycles. The molecule has 0 saturated carbocycles. The number of carbonyl (C=O) groups is 1. The van der Waals surface area contributed by atoms with Crippen LogP contribution in [-0.2, 0) is 24.1 Å². The summed E-state index contributed by atoms with van der Waals surface area (Å²) in [4.78, 5) is 16.4. The van der Waals surface area contributed by atoms with Crippen molar-refractivity contribution >= 4 is 11.7 Å². The Morgan fingerprint density at radius 3 is 2.71 bits per heavy atom. The van der Waals surface area contributed by atoms with Crippen LogP contribution in [-0.4, -0.2) is 27.8 Å². The number of anilines is 1.